The van der Waals surface area contributed by atoms with Gasteiger partial charge in [-0.1, -0.05) is 40.0 Å². The molecular formula is C25H42N6O2. The second kappa shape index (κ2) is 15.4. The normalized spacial score (nSPS) is 12.2. The van der Waals surface area contributed by atoms with Crippen LogP contribution in [-0.4, -0.2) is 51.2 Å². The van der Waals surface area contributed by atoms with Gasteiger partial charge in [0, 0.05) is 43.9 Å². The van der Waals surface area contributed by atoms with Crippen LogP contribution in [0.3, 0.4) is 0 Å². The zero-order valence-electron chi connectivity index (χ0n) is 20.8. The number of ether oxygens (including phenoxy) is 1. The van der Waals surface area contributed by atoms with Crippen molar-refractivity contribution in [1.29, 1.82) is 0 Å². The van der Waals surface area contributed by atoms with Crippen LogP contribution in [0.5, 0.6) is 0 Å². The molecule has 2 aromatic rings. The van der Waals surface area contributed by atoms with Crippen molar-refractivity contribution in [2.75, 3.05) is 25.1 Å². The first-order chi connectivity index (χ1) is 16.0. The molecular weight excluding hydrogens is 416 g/mol. The fourth-order valence-corrected chi connectivity index (χ4v) is 3.51. The van der Waals surface area contributed by atoms with Gasteiger partial charge < -0.3 is 15.4 Å². The molecule has 8 heteroatoms. The molecule has 0 saturated carbocycles. The predicted molar refractivity (Wildman–Crippen MR) is 133 cm³/mol. The van der Waals surface area contributed by atoms with E-state index in [9.17, 15) is 4.79 Å². The quantitative estimate of drug-likeness (QED) is 0.338. The molecule has 0 aliphatic heterocycles. The Morgan fingerprint density at radius 3 is 2.67 bits per heavy atom. The Bertz CT molecular complexity index is 794. The Hall–Kier alpha value is -2.48. The number of imidazole rings is 1. The van der Waals surface area contributed by atoms with E-state index in [0.717, 1.165) is 37.8 Å². The van der Waals surface area contributed by atoms with Gasteiger partial charge in [-0.2, -0.15) is 4.98 Å². The van der Waals surface area contributed by atoms with Crippen molar-refractivity contribution in [3.05, 3.63) is 30.5 Å². The number of nitrogens with zero attached hydrogens (tertiary/aromatic N) is 4. The Balaban J connectivity index is 2.14. The smallest absolute Gasteiger partial charge is 0.242 e. The SMILES string of the molecule is CCCCCCc1cc(NC(CCC(C)C)C(=O)NCCCOCC)nc(-n2ccnc2)n1. The molecule has 0 bridgehead atoms. The minimum atomic E-state index is -0.349. The Labute approximate surface area is 199 Å². The monoisotopic (exact) mass is 458 g/mol. The molecule has 1 unspecified atom stereocenters. The van der Waals surface area contributed by atoms with Crippen LogP contribution in [0.25, 0.3) is 5.95 Å². The molecule has 0 radical (unpaired) electrons. The highest BCUT2D eigenvalue weighted by atomic mass is 16.5. The van der Waals surface area contributed by atoms with Gasteiger partial charge in [0.05, 0.1) is 0 Å². The van der Waals surface area contributed by atoms with Crippen LogP contribution < -0.4 is 10.6 Å². The first-order valence-electron chi connectivity index (χ1n) is 12.5. The highest BCUT2D eigenvalue weighted by Gasteiger charge is 2.20. The summed E-state index contributed by atoms with van der Waals surface area (Å²) in [6.45, 7) is 10.5. The summed E-state index contributed by atoms with van der Waals surface area (Å²) in [6, 6.07) is 1.63. The minimum Gasteiger partial charge on any atom is -0.382 e. The molecule has 0 fully saturated rings. The van der Waals surface area contributed by atoms with E-state index in [1.165, 1.54) is 19.3 Å². The van der Waals surface area contributed by atoms with Crippen molar-refractivity contribution >= 4 is 11.7 Å². The van der Waals surface area contributed by atoms with Gasteiger partial charge in [0.15, 0.2) is 0 Å². The van der Waals surface area contributed by atoms with Gasteiger partial charge in [-0.05, 0) is 44.9 Å². The molecule has 8 nitrogen and oxygen atoms in total. The van der Waals surface area contributed by atoms with E-state index in [2.05, 4.69) is 36.4 Å². The fourth-order valence-electron chi connectivity index (χ4n) is 3.51. The lowest BCUT2D eigenvalue weighted by atomic mass is 10.0. The lowest BCUT2D eigenvalue weighted by molar-refractivity contribution is -0.122. The van der Waals surface area contributed by atoms with Crippen molar-refractivity contribution in [3.63, 3.8) is 0 Å². The van der Waals surface area contributed by atoms with E-state index in [1.807, 2.05) is 19.2 Å². The topological polar surface area (TPSA) is 94.0 Å². The van der Waals surface area contributed by atoms with Crippen LogP contribution in [0.1, 0.15) is 78.3 Å². The molecule has 2 heterocycles. The summed E-state index contributed by atoms with van der Waals surface area (Å²) in [5, 5.41) is 6.45. The second-order valence-corrected chi connectivity index (χ2v) is 8.83. The van der Waals surface area contributed by atoms with Gasteiger partial charge in [0.2, 0.25) is 11.9 Å². The van der Waals surface area contributed by atoms with Crippen molar-refractivity contribution in [3.8, 4) is 5.95 Å². The van der Waals surface area contributed by atoms with Crippen LogP contribution in [0.15, 0.2) is 24.8 Å². The maximum absolute atomic E-state index is 13.0. The summed E-state index contributed by atoms with van der Waals surface area (Å²) in [5.41, 5.74) is 0.979. The summed E-state index contributed by atoms with van der Waals surface area (Å²) in [5.74, 6) is 1.76. The van der Waals surface area contributed by atoms with Gasteiger partial charge in [0.1, 0.15) is 18.2 Å². The first kappa shape index (κ1) is 26.8. The summed E-state index contributed by atoms with van der Waals surface area (Å²) >= 11 is 0. The lowest BCUT2D eigenvalue weighted by Crippen LogP contribution is -2.40. The maximum Gasteiger partial charge on any atom is 0.242 e. The molecule has 0 aliphatic rings. The molecule has 184 valence electrons. The maximum atomic E-state index is 13.0. The van der Waals surface area contributed by atoms with E-state index in [0.29, 0.717) is 37.4 Å². The average molecular weight is 459 g/mol. The molecule has 0 aromatic carbocycles. The summed E-state index contributed by atoms with van der Waals surface area (Å²) in [7, 11) is 0. The number of carbonyl (C=O) groups excluding carboxylic acids is 1. The number of aryl methyl sites for hydroxylation is 1. The first-order valence-corrected chi connectivity index (χ1v) is 12.5. The number of aromatic nitrogens is 4. The highest BCUT2D eigenvalue weighted by Crippen LogP contribution is 2.17. The van der Waals surface area contributed by atoms with Gasteiger partial charge in [-0.15, -0.1) is 0 Å². The standard InChI is InChI=1S/C25H42N6O2/c1-5-7-8-9-11-21-18-23(30-25(28-21)31-16-15-26-19-31)29-22(13-12-20(3)4)24(32)27-14-10-17-33-6-2/h15-16,18-20,22H,5-14,17H2,1-4H3,(H,27,32)(H,28,29,30). The van der Waals surface area contributed by atoms with Crippen LogP contribution >= 0.6 is 0 Å². The van der Waals surface area contributed by atoms with Crippen molar-refractivity contribution < 1.29 is 9.53 Å². The lowest BCUT2D eigenvalue weighted by Gasteiger charge is -2.21. The molecule has 2 N–H and O–H groups in total. The summed E-state index contributed by atoms with van der Waals surface area (Å²) in [4.78, 5) is 26.5. The molecule has 0 spiro atoms. The number of amides is 1. The van der Waals surface area contributed by atoms with E-state index >= 15 is 0 Å². The zero-order valence-corrected chi connectivity index (χ0v) is 20.8. The van der Waals surface area contributed by atoms with Gasteiger partial charge in [-0.3, -0.25) is 9.36 Å². The van der Waals surface area contributed by atoms with Crippen LogP contribution in [0.4, 0.5) is 5.82 Å². The molecule has 2 aromatic heterocycles. The van der Waals surface area contributed by atoms with Crippen molar-refractivity contribution in [2.45, 2.75) is 85.1 Å². The van der Waals surface area contributed by atoms with E-state index in [1.54, 1.807) is 17.1 Å². The number of hydrogen-bond donors (Lipinski definition) is 2. The van der Waals surface area contributed by atoms with Crippen molar-refractivity contribution in [1.82, 2.24) is 24.8 Å². The summed E-state index contributed by atoms with van der Waals surface area (Å²) in [6.07, 6.45) is 13.3. The number of hydrogen-bond acceptors (Lipinski definition) is 6. The van der Waals surface area contributed by atoms with E-state index in [4.69, 9.17) is 14.7 Å². The van der Waals surface area contributed by atoms with Gasteiger partial charge >= 0.3 is 0 Å². The van der Waals surface area contributed by atoms with E-state index < -0.39 is 0 Å². The third kappa shape index (κ3) is 10.3. The summed E-state index contributed by atoms with van der Waals surface area (Å²) < 4.78 is 7.17. The van der Waals surface area contributed by atoms with Crippen LogP contribution in [-0.2, 0) is 16.0 Å². The number of anilines is 1. The van der Waals surface area contributed by atoms with Gasteiger partial charge in [0.25, 0.3) is 0 Å². The van der Waals surface area contributed by atoms with Crippen LogP contribution in [0.2, 0.25) is 0 Å². The van der Waals surface area contributed by atoms with Gasteiger partial charge in [-0.25, -0.2) is 9.97 Å². The number of rotatable bonds is 17. The molecule has 1 atom stereocenters. The Kier molecular flexibility index (Phi) is 12.5. The highest BCUT2D eigenvalue weighted by molar-refractivity contribution is 5.84. The molecule has 0 aliphatic carbocycles. The number of unbranched alkanes of at least 4 members (excludes halogenated alkanes) is 3. The fraction of sp³-hybridized carbons (Fsp3) is 0.680. The third-order valence-corrected chi connectivity index (χ3v) is 5.43. The molecule has 2 rings (SSSR count). The third-order valence-electron chi connectivity index (χ3n) is 5.43. The second-order valence-electron chi connectivity index (χ2n) is 8.83. The Morgan fingerprint density at radius 2 is 1.97 bits per heavy atom. The largest absolute Gasteiger partial charge is 0.382 e. The Morgan fingerprint density at radius 1 is 1.12 bits per heavy atom. The van der Waals surface area contributed by atoms with Crippen molar-refractivity contribution in [2.24, 2.45) is 5.92 Å². The molecule has 33 heavy (non-hydrogen) atoms. The number of nitrogens with one attached hydrogen (secondary N) is 2. The predicted octanol–water partition coefficient (Wildman–Crippen LogP) is 4.54. The van der Waals surface area contributed by atoms with E-state index in [-0.39, 0.29) is 11.9 Å². The minimum absolute atomic E-state index is 0.000521. The average Bonchev–Trinajstić information content (AvgIpc) is 3.34. The number of carbonyl (C=O) groups is 1. The zero-order chi connectivity index (χ0) is 23.9. The van der Waals surface area contributed by atoms with Crippen LogP contribution in [0, 0.1) is 5.92 Å². The molecule has 1 amide bonds. The molecule has 0 saturated heterocycles.